The fourth-order valence-corrected chi connectivity index (χ4v) is 4.58. The Morgan fingerprint density at radius 1 is 0.903 bits per heavy atom. The molecule has 0 aliphatic rings. The van der Waals surface area contributed by atoms with Crippen LogP contribution in [0.4, 0.5) is 5.69 Å². The van der Waals surface area contributed by atoms with Crippen molar-refractivity contribution >= 4 is 21.6 Å². The highest BCUT2D eigenvalue weighted by atomic mass is 32.2. The van der Waals surface area contributed by atoms with Gasteiger partial charge in [-0.1, -0.05) is 48.5 Å². The van der Waals surface area contributed by atoms with Gasteiger partial charge < -0.3 is 4.74 Å². The van der Waals surface area contributed by atoms with Gasteiger partial charge in [0.15, 0.2) is 0 Å². The van der Waals surface area contributed by atoms with Gasteiger partial charge in [0.1, 0.15) is 5.75 Å². The molecule has 0 atom stereocenters. The smallest absolute Gasteiger partial charge is 0.277 e. The Morgan fingerprint density at radius 3 is 2.26 bits per heavy atom. The molecule has 0 spiro atoms. The summed E-state index contributed by atoms with van der Waals surface area (Å²) in [6, 6.07) is 22.1. The number of hydroxylamine groups is 2. The van der Waals surface area contributed by atoms with Gasteiger partial charge in [-0.3, -0.25) is 13.9 Å². The normalized spacial score (nSPS) is 11.1. The summed E-state index contributed by atoms with van der Waals surface area (Å²) < 4.78 is 34.2. The minimum absolute atomic E-state index is 0.00955. The second-order valence-electron chi connectivity index (χ2n) is 6.68. The summed E-state index contributed by atoms with van der Waals surface area (Å²) in [4.78, 5) is 17.4. The van der Waals surface area contributed by atoms with Crippen LogP contribution in [0.5, 0.6) is 5.75 Å². The molecule has 8 heteroatoms. The average molecular weight is 441 g/mol. The van der Waals surface area contributed by atoms with Crippen molar-refractivity contribution < 1.29 is 22.8 Å². The van der Waals surface area contributed by atoms with Gasteiger partial charge in [-0.2, -0.15) is 0 Å². The zero-order chi connectivity index (χ0) is 22.4. The van der Waals surface area contributed by atoms with Crippen LogP contribution < -0.4 is 9.04 Å². The number of carbonyl (C=O) groups excluding carboxylic acids is 1. The maximum atomic E-state index is 13.7. The summed E-state index contributed by atoms with van der Waals surface area (Å²) in [6.45, 7) is 0.0969. The molecule has 0 aliphatic carbocycles. The number of methoxy groups -OCH3 is 1. The number of benzene rings is 3. The number of amides is 1. The molecule has 7 nitrogen and oxygen atoms in total. The van der Waals surface area contributed by atoms with E-state index in [-0.39, 0.29) is 17.0 Å². The van der Waals surface area contributed by atoms with Crippen LogP contribution >= 0.6 is 0 Å². The van der Waals surface area contributed by atoms with Crippen LogP contribution in [0.25, 0.3) is 0 Å². The lowest BCUT2D eigenvalue weighted by atomic mass is 10.2. The van der Waals surface area contributed by atoms with Gasteiger partial charge in [0.2, 0.25) is 0 Å². The third-order valence-electron chi connectivity index (χ3n) is 4.75. The van der Waals surface area contributed by atoms with Crippen LogP contribution in [-0.2, 0) is 21.4 Å². The van der Waals surface area contributed by atoms with Crippen molar-refractivity contribution in [3.05, 3.63) is 90.0 Å². The largest absolute Gasteiger partial charge is 0.495 e. The van der Waals surface area contributed by atoms with E-state index in [9.17, 15) is 13.2 Å². The number of para-hydroxylation sites is 2. The third-order valence-corrected chi connectivity index (χ3v) is 6.51. The van der Waals surface area contributed by atoms with Crippen LogP contribution in [0.1, 0.15) is 15.9 Å². The first-order chi connectivity index (χ1) is 14.9. The van der Waals surface area contributed by atoms with Crippen LogP contribution in [0.2, 0.25) is 0 Å². The molecule has 31 heavy (non-hydrogen) atoms. The topological polar surface area (TPSA) is 76.2 Å². The number of hydrogen-bond donors (Lipinski definition) is 0. The molecule has 0 aliphatic heterocycles. The van der Waals surface area contributed by atoms with E-state index >= 15 is 0 Å². The molecular weight excluding hydrogens is 416 g/mol. The summed E-state index contributed by atoms with van der Waals surface area (Å²) in [5, 5.41) is 1.04. The highest BCUT2D eigenvalue weighted by Crippen LogP contribution is 2.33. The lowest BCUT2D eigenvalue weighted by Gasteiger charge is -2.26. The quantitative estimate of drug-likeness (QED) is 0.499. The summed E-state index contributed by atoms with van der Waals surface area (Å²) in [5.74, 6) is -0.0280. The van der Waals surface area contributed by atoms with E-state index in [1.165, 1.54) is 43.8 Å². The Labute approximate surface area is 182 Å². The number of ether oxygens (including phenoxy) is 1. The maximum absolute atomic E-state index is 13.7. The lowest BCUT2D eigenvalue weighted by molar-refractivity contribution is -0.0757. The molecule has 0 bridgehead atoms. The van der Waals surface area contributed by atoms with Crippen molar-refractivity contribution in [1.82, 2.24) is 5.06 Å². The standard InChI is InChI=1S/C23H24N2O5S/c1-24(30-3)23(26)19-12-9-13-20(16-19)31(27,28)25(17-18-10-5-4-6-11-18)21-14-7-8-15-22(21)29-2/h4-16H,17H2,1-3H3. The molecule has 0 fully saturated rings. The van der Waals surface area contributed by atoms with E-state index in [0.29, 0.717) is 11.4 Å². The van der Waals surface area contributed by atoms with Gasteiger partial charge in [-0.05, 0) is 35.9 Å². The number of hydrogen-bond acceptors (Lipinski definition) is 5. The SMILES string of the molecule is COc1ccccc1N(Cc1ccccc1)S(=O)(=O)c1cccc(C(=O)N(C)OC)c1. The molecule has 3 aromatic rings. The van der Waals surface area contributed by atoms with E-state index in [0.717, 1.165) is 10.6 Å². The van der Waals surface area contributed by atoms with Gasteiger partial charge in [-0.25, -0.2) is 13.5 Å². The minimum Gasteiger partial charge on any atom is -0.495 e. The first kappa shape index (κ1) is 22.3. The Hall–Kier alpha value is -3.36. The van der Waals surface area contributed by atoms with Gasteiger partial charge in [0.25, 0.3) is 15.9 Å². The molecule has 0 saturated heterocycles. The summed E-state index contributed by atoms with van der Waals surface area (Å²) >= 11 is 0. The van der Waals surface area contributed by atoms with Crippen molar-refractivity contribution in [1.29, 1.82) is 0 Å². The molecule has 1 amide bonds. The van der Waals surface area contributed by atoms with E-state index in [4.69, 9.17) is 9.57 Å². The zero-order valence-corrected chi connectivity index (χ0v) is 18.4. The van der Waals surface area contributed by atoms with Gasteiger partial charge >= 0.3 is 0 Å². The molecule has 0 aromatic heterocycles. The molecule has 0 radical (unpaired) electrons. The summed E-state index contributed by atoms with van der Waals surface area (Å²) in [7, 11) is 0.282. The molecule has 0 unspecified atom stereocenters. The van der Waals surface area contributed by atoms with Crippen molar-refractivity contribution in [2.75, 3.05) is 25.6 Å². The van der Waals surface area contributed by atoms with Gasteiger partial charge in [0.05, 0.1) is 31.3 Å². The van der Waals surface area contributed by atoms with Crippen molar-refractivity contribution in [2.45, 2.75) is 11.4 Å². The minimum atomic E-state index is -4.03. The summed E-state index contributed by atoms with van der Waals surface area (Å²) in [6.07, 6.45) is 0. The second kappa shape index (κ2) is 9.63. The number of nitrogens with zero attached hydrogens (tertiary/aromatic N) is 2. The van der Waals surface area contributed by atoms with Gasteiger partial charge in [0, 0.05) is 12.6 Å². The van der Waals surface area contributed by atoms with Crippen LogP contribution in [0.3, 0.4) is 0 Å². The maximum Gasteiger partial charge on any atom is 0.277 e. The van der Waals surface area contributed by atoms with Gasteiger partial charge in [-0.15, -0.1) is 0 Å². The molecule has 3 aromatic carbocycles. The Kier molecular flexibility index (Phi) is 6.94. The molecule has 0 heterocycles. The van der Waals surface area contributed by atoms with Crippen LogP contribution in [-0.4, -0.2) is 40.7 Å². The fraction of sp³-hybridized carbons (Fsp3) is 0.174. The van der Waals surface area contributed by atoms with Crippen LogP contribution in [0.15, 0.2) is 83.8 Å². The first-order valence-electron chi connectivity index (χ1n) is 9.50. The number of anilines is 1. The van der Waals surface area contributed by atoms with Crippen molar-refractivity contribution in [3.63, 3.8) is 0 Å². The Bertz CT molecular complexity index is 1150. The average Bonchev–Trinajstić information content (AvgIpc) is 2.82. The van der Waals surface area contributed by atoms with E-state index in [1.54, 1.807) is 30.3 Å². The second-order valence-corrected chi connectivity index (χ2v) is 8.54. The van der Waals surface area contributed by atoms with E-state index in [2.05, 4.69) is 0 Å². The van der Waals surface area contributed by atoms with E-state index < -0.39 is 15.9 Å². The molecule has 162 valence electrons. The monoisotopic (exact) mass is 440 g/mol. The number of sulfonamides is 1. The molecular formula is C23H24N2O5S. The van der Waals surface area contributed by atoms with Crippen molar-refractivity contribution in [2.24, 2.45) is 0 Å². The first-order valence-corrected chi connectivity index (χ1v) is 10.9. The number of rotatable bonds is 8. The Balaban J connectivity index is 2.11. The number of carbonyl (C=O) groups is 1. The lowest BCUT2D eigenvalue weighted by Crippen LogP contribution is -2.31. The fourth-order valence-electron chi connectivity index (χ4n) is 3.07. The molecule has 3 rings (SSSR count). The van der Waals surface area contributed by atoms with Crippen molar-refractivity contribution in [3.8, 4) is 5.75 Å². The predicted molar refractivity (Wildman–Crippen MR) is 118 cm³/mol. The summed E-state index contributed by atoms with van der Waals surface area (Å²) in [5.41, 5.74) is 1.41. The van der Waals surface area contributed by atoms with Crippen LogP contribution in [0, 0.1) is 0 Å². The molecule has 0 N–H and O–H groups in total. The Morgan fingerprint density at radius 2 is 1.58 bits per heavy atom. The zero-order valence-electron chi connectivity index (χ0n) is 17.6. The highest BCUT2D eigenvalue weighted by Gasteiger charge is 2.28. The van der Waals surface area contributed by atoms with E-state index in [1.807, 2.05) is 30.3 Å². The predicted octanol–water partition coefficient (Wildman–Crippen LogP) is 3.72. The molecule has 0 saturated carbocycles. The highest BCUT2D eigenvalue weighted by molar-refractivity contribution is 7.92. The third kappa shape index (κ3) is 4.87.